The quantitative estimate of drug-likeness (QED) is 0.941. The Balaban J connectivity index is 1.80. The zero-order valence-corrected chi connectivity index (χ0v) is 12.7. The van der Waals surface area contributed by atoms with Crippen molar-refractivity contribution in [2.75, 3.05) is 6.61 Å². The first-order valence-electron chi connectivity index (χ1n) is 7.66. The van der Waals surface area contributed by atoms with E-state index in [-0.39, 0.29) is 30.9 Å². The van der Waals surface area contributed by atoms with Gasteiger partial charge in [0, 0.05) is 5.92 Å². The van der Waals surface area contributed by atoms with Crippen LogP contribution in [0.2, 0.25) is 0 Å². The average molecular weight is 306 g/mol. The maximum atomic E-state index is 12.6. The Morgan fingerprint density at radius 3 is 2.26 bits per heavy atom. The highest BCUT2D eigenvalue weighted by Crippen LogP contribution is 2.40. The molecule has 0 unspecified atom stereocenters. The fourth-order valence-corrected chi connectivity index (χ4v) is 3.29. The molecule has 4 nitrogen and oxygen atoms in total. The van der Waals surface area contributed by atoms with Crippen molar-refractivity contribution in [2.24, 2.45) is 0 Å². The average Bonchev–Trinajstić information content (AvgIpc) is 2.56. The SMILES string of the molecule is N#C[C@@H]1[C@H](c2ccccc2)[C@H](CO)N1C(=O)Cc1ccccc1. The van der Waals surface area contributed by atoms with Crippen LogP contribution < -0.4 is 0 Å². The highest BCUT2D eigenvalue weighted by Gasteiger charge is 2.51. The molecular formula is C19H18N2O2. The van der Waals surface area contributed by atoms with Gasteiger partial charge in [-0.15, -0.1) is 0 Å². The lowest BCUT2D eigenvalue weighted by Gasteiger charge is -2.51. The highest BCUT2D eigenvalue weighted by molar-refractivity contribution is 5.81. The van der Waals surface area contributed by atoms with Crippen LogP contribution in [0.3, 0.4) is 0 Å². The molecule has 116 valence electrons. The minimum absolute atomic E-state index is 0.117. The Morgan fingerprint density at radius 1 is 1.09 bits per heavy atom. The maximum absolute atomic E-state index is 12.6. The Hall–Kier alpha value is -2.64. The molecule has 2 aromatic carbocycles. The van der Waals surface area contributed by atoms with Crippen LogP contribution in [0.1, 0.15) is 17.0 Å². The number of aliphatic hydroxyl groups excluding tert-OH is 1. The first-order chi connectivity index (χ1) is 11.3. The van der Waals surface area contributed by atoms with Gasteiger partial charge in [0.1, 0.15) is 6.04 Å². The summed E-state index contributed by atoms with van der Waals surface area (Å²) in [5.41, 5.74) is 1.90. The molecule has 0 aromatic heterocycles. The molecule has 0 spiro atoms. The summed E-state index contributed by atoms with van der Waals surface area (Å²) in [6.07, 6.45) is 0.247. The molecule has 1 saturated heterocycles. The molecule has 0 saturated carbocycles. The number of carbonyl (C=O) groups is 1. The number of rotatable bonds is 4. The smallest absolute Gasteiger partial charge is 0.228 e. The summed E-state index contributed by atoms with van der Waals surface area (Å²) in [7, 11) is 0. The first kappa shape index (κ1) is 15.3. The normalized spacial score (nSPS) is 23.0. The molecule has 1 fully saturated rings. The summed E-state index contributed by atoms with van der Waals surface area (Å²) >= 11 is 0. The second-order valence-electron chi connectivity index (χ2n) is 5.72. The molecule has 1 amide bonds. The topological polar surface area (TPSA) is 64.3 Å². The molecule has 2 aromatic rings. The minimum Gasteiger partial charge on any atom is -0.394 e. The lowest BCUT2D eigenvalue weighted by molar-refractivity contribution is -0.146. The molecule has 1 aliphatic heterocycles. The van der Waals surface area contributed by atoms with Gasteiger partial charge < -0.3 is 10.0 Å². The van der Waals surface area contributed by atoms with E-state index < -0.39 is 6.04 Å². The van der Waals surface area contributed by atoms with Crippen molar-refractivity contribution in [1.29, 1.82) is 5.26 Å². The Bertz CT molecular complexity index is 709. The number of amides is 1. The third-order valence-electron chi connectivity index (χ3n) is 4.40. The standard InChI is InChI=1S/C19H18N2O2/c20-12-16-19(15-9-5-2-6-10-15)17(13-22)21(16)18(23)11-14-7-3-1-4-8-14/h1-10,16-17,19,22H,11,13H2/t16-,17+,19+/m1/s1. The fourth-order valence-electron chi connectivity index (χ4n) is 3.29. The van der Waals surface area contributed by atoms with Crippen LogP contribution in [-0.4, -0.2) is 34.6 Å². The predicted molar refractivity (Wildman–Crippen MR) is 86.4 cm³/mol. The molecule has 3 rings (SSSR count). The van der Waals surface area contributed by atoms with Gasteiger partial charge in [-0.25, -0.2) is 0 Å². The number of aliphatic hydroxyl groups is 1. The molecule has 0 bridgehead atoms. The minimum atomic E-state index is -0.522. The van der Waals surface area contributed by atoms with E-state index in [1.165, 1.54) is 4.90 Å². The van der Waals surface area contributed by atoms with E-state index in [4.69, 9.17) is 0 Å². The van der Waals surface area contributed by atoms with Crippen LogP contribution in [-0.2, 0) is 11.2 Å². The van der Waals surface area contributed by atoms with Crippen LogP contribution >= 0.6 is 0 Å². The van der Waals surface area contributed by atoms with Gasteiger partial charge in [0.2, 0.25) is 5.91 Å². The molecule has 0 aliphatic carbocycles. The number of nitrogens with zero attached hydrogens (tertiary/aromatic N) is 2. The summed E-state index contributed by atoms with van der Waals surface area (Å²) in [4.78, 5) is 14.1. The third kappa shape index (κ3) is 2.84. The maximum Gasteiger partial charge on any atom is 0.228 e. The van der Waals surface area contributed by atoms with Crippen LogP contribution in [0.25, 0.3) is 0 Å². The van der Waals surface area contributed by atoms with E-state index in [1.807, 2.05) is 60.7 Å². The summed E-state index contributed by atoms with van der Waals surface area (Å²) < 4.78 is 0. The first-order valence-corrected chi connectivity index (χ1v) is 7.66. The zero-order chi connectivity index (χ0) is 16.2. The number of likely N-dealkylation sites (tertiary alicyclic amines) is 1. The lowest BCUT2D eigenvalue weighted by atomic mass is 9.75. The van der Waals surface area contributed by atoms with Crippen molar-refractivity contribution >= 4 is 5.91 Å². The van der Waals surface area contributed by atoms with Gasteiger partial charge in [-0.3, -0.25) is 4.79 Å². The van der Waals surface area contributed by atoms with Gasteiger partial charge in [-0.05, 0) is 11.1 Å². The second-order valence-corrected chi connectivity index (χ2v) is 5.72. The Morgan fingerprint density at radius 2 is 1.70 bits per heavy atom. The number of hydrogen-bond acceptors (Lipinski definition) is 3. The van der Waals surface area contributed by atoms with E-state index in [2.05, 4.69) is 6.07 Å². The largest absolute Gasteiger partial charge is 0.394 e. The molecule has 1 N–H and O–H groups in total. The number of carbonyl (C=O) groups excluding carboxylic acids is 1. The van der Waals surface area contributed by atoms with Crippen LogP contribution in [0.15, 0.2) is 60.7 Å². The summed E-state index contributed by atoms with van der Waals surface area (Å²) in [5.74, 6) is -0.250. The molecular weight excluding hydrogens is 288 g/mol. The second kappa shape index (κ2) is 6.64. The number of nitriles is 1. The van der Waals surface area contributed by atoms with Crippen molar-refractivity contribution < 1.29 is 9.90 Å². The van der Waals surface area contributed by atoms with Gasteiger partial charge >= 0.3 is 0 Å². The fraction of sp³-hybridized carbons (Fsp3) is 0.263. The van der Waals surface area contributed by atoms with Crippen molar-refractivity contribution in [1.82, 2.24) is 4.90 Å². The highest BCUT2D eigenvalue weighted by atomic mass is 16.3. The van der Waals surface area contributed by atoms with Crippen LogP contribution in [0, 0.1) is 11.3 Å². The lowest BCUT2D eigenvalue weighted by Crippen LogP contribution is -2.65. The molecule has 23 heavy (non-hydrogen) atoms. The molecule has 0 radical (unpaired) electrons. The predicted octanol–water partition coefficient (Wildman–Crippen LogP) is 2.11. The van der Waals surface area contributed by atoms with Crippen molar-refractivity contribution in [3.05, 3.63) is 71.8 Å². The molecule has 1 heterocycles. The van der Waals surface area contributed by atoms with Gasteiger partial charge in [-0.1, -0.05) is 60.7 Å². The molecule has 4 heteroatoms. The van der Waals surface area contributed by atoms with E-state index in [0.29, 0.717) is 0 Å². The Labute approximate surface area is 135 Å². The van der Waals surface area contributed by atoms with Crippen molar-refractivity contribution in [3.8, 4) is 6.07 Å². The number of benzene rings is 2. The van der Waals surface area contributed by atoms with Gasteiger partial charge in [0.25, 0.3) is 0 Å². The summed E-state index contributed by atoms with van der Waals surface area (Å²) in [6, 6.07) is 20.4. The summed E-state index contributed by atoms with van der Waals surface area (Å²) in [6.45, 7) is -0.141. The molecule has 3 atom stereocenters. The van der Waals surface area contributed by atoms with Gasteiger partial charge in [0.15, 0.2) is 0 Å². The third-order valence-corrected chi connectivity index (χ3v) is 4.40. The van der Waals surface area contributed by atoms with Crippen molar-refractivity contribution in [3.63, 3.8) is 0 Å². The van der Waals surface area contributed by atoms with Gasteiger partial charge in [0.05, 0.1) is 25.1 Å². The van der Waals surface area contributed by atoms with Crippen molar-refractivity contribution in [2.45, 2.75) is 24.4 Å². The van der Waals surface area contributed by atoms with E-state index >= 15 is 0 Å². The number of hydrogen-bond donors (Lipinski definition) is 1. The Kier molecular flexibility index (Phi) is 4.40. The molecule has 1 aliphatic rings. The zero-order valence-electron chi connectivity index (χ0n) is 12.7. The van der Waals surface area contributed by atoms with E-state index in [0.717, 1.165) is 11.1 Å². The van der Waals surface area contributed by atoms with Gasteiger partial charge in [-0.2, -0.15) is 5.26 Å². The summed E-state index contributed by atoms with van der Waals surface area (Å²) in [5, 5.41) is 19.2. The monoisotopic (exact) mass is 306 g/mol. The van der Waals surface area contributed by atoms with E-state index in [1.54, 1.807) is 0 Å². The van der Waals surface area contributed by atoms with Crippen LogP contribution in [0.5, 0.6) is 0 Å². The van der Waals surface area contributed by atoms with Crippen LogP contribution in [0.4, 0.5) is 0 Å². The van der Waals surface area contributed by atoms with E-state index in [9.17, 15) is 15.2 Å².